The van der Waals surface area contributed by atoms with Crippen LogP contribution in [-0.4, -0.2) is 37.9 Å². The van der Waals surface area contributed by atoms with Crippen LogP contribution in [0.15, 0.2) is 36.7 Å². The number of hydrogen-bond donors (Lipinski definition) is 2. The highest BCUT2D eigenvalue weighted by molar-refractivity contribution is 6.04. The number of benzene rings is 1. The largest absolute Gasteiger partial charge is 0.354 e. The van der Waals surface area contributed by atoms with Gasteiger partial charge in [-0.25, -0.2) is 4.39 Å². The standard InChI is InChI=1S/C22H25FN6O2/c1-28-21(17-7-3-5-9-19(17)27-28)22(31)26-16-12-25-29(13-16)14-20(30)24-11-10-15-6-2-4-8-18(15)23/h2,4,6,8,12-13H,3,5,7,9-11,14H2,1H3,(H,24,30)(H,26,31). The molecule has 0 aliphatic heterocycles. The molecule has 0 radical (unpaired) electrons. The summed E-state index contributed by atoms with van der Waals surface area (Å²) in [6.07, 6.45) is 7.44. The highest BCUT2D eigenvalue weighted by atomic mass is 19.1. The third-order valence-electron chi connectivity index (χ3n) is 5.41. The van der Waals surface area contributed by atoms with E-state index < -0.39 is 0 Å². The summed E-state index contributed by atoms with van der Waals surface area (Å²) >= 11 is 0. The first kappa shape index (κ1) is 20.8. The number of nitrogens with one attached hydrogen (secondary N) is 2. The molecule has 1 aromatic carbocycles. The molecule has 0 saturated heterocycles. The van der Waals surface area contributed by atoms with Crippen molar-refractivity contribution >= 4 is 17.5 Å². The van der Waals surface area contributed by atoms with Gasteiger partial charge in [-0.1, -0.05) is 18.2 Å². The van der Waals surface area contributed by atoms with Crippen molar-refractivity contribution in [1.29, 1.82) is 0 Å². The quantitative estimate of drug-likeness (QED) is 0.608. The van der Waals surface area contributed by atoms with E-state index >= 15 is 0 Å². The molecular weight excluding hydrogens is 399 g/mol. The maximum Gasteiger partial charge on any atom is 0.274 e. The fourth-order valence-corrected chi connectivity index (χ4v) is 3.91. The van der Waals surface area contributed by atoms with E-state index in [1.807, 2.05) is 0 Å². The number of carbonyl (C=O) groups is 2. The third-order valence-corrected chi connectivity index (χ3v) is 5.41. The van der Waals surface area contributed by atoms with Crippen molar-refractivity contribution in [2.45, 2.75) is 38.6 Å². The van der Waals surface area contributed by atoms with Crippen LogP contribution in [0.3, 0.4) is 0 Å². The van der Waals surface area contributed by atoms with Crippen LogP contribution in [0.4, 0.5) is 10.1 Å². The minimum Gasteiger partial charge on any atom is -0.354 e. The molecule has 0 fully saturated rings. The van der Waals surface area contributed by atoms with Crippen LogP contribution < -0.4 is 10.6 Å². The predicted molar refractivity (Wildman–Crippen MR) is 113 cm³/mol. The number of anilines is 1. The second-order valence-electron chi connectivity index (χ2n) is 7.68. The van der Waals surface area contributed by atoms with Gasteiger partial charge in [0, 0.05) is 25.4 Å². The number of aryl methyl sites for hydroxylation is 2. The molecule has 0 saturated carbocycles. The maximum absolute atomic E-state index is 13.6. The molecule has 31 heavy (non-hydrogen) atoms. The first-order valence-corrected chi connectivity index (χ1v) is 10.4. The Bertz CT molecular complexity index is 1100. The highest BCUT2D eigenvalue weighted by Crippen LogP contribution is 2.24. The first-order valence-electron chi connectivity index (χ1n) is 10.4. The van der Waals surface area contributed by atoms with Gasteiger partial charge in [-0.05, 0) is 43.7 Å². The summed E-state index contributed by atoms with van der Waals surface area (Å²) in [5.41, 5.74) is 3.67. The lowest BCUT2D eigenvalue weighted by Crippen LogP contribution is -2.29. The predicted octanol–water partition coefficient (Wildman–Crippen LogP) is 2.25. The van der Waals surface area contributed by atoms with E-state index in [9.17, 15) is 14.0 Å². The van der Waals surface area contributed by atoms with Gasteiger partial charge in [0.25, 0.3) is 5.91 Å². The van der Waals surface area contributed by atoms with E-state index in [4.69, 9.17) is 0 Å². The second kappa shape index (κ2) is 9.11. The molecule has 0 spiro atoms. The van der Waals surface area contributed by atoms with Gasteiger partial charge in [0.2, 0.25) is 5.91 Å². The highest BCUT2D eigenvalue weighted by Gasteiger charge is 2.24. The van der Waals surface area contributed by atoms with Crippen molar-refractivity contribution in [3.8, 4) is 0 Å². The number of halogens is 1. The second-order valence-corrected chi connectivity index (χ2v) is 7.68. The van der Waals surface area contributed by atoms with Crippen molar-refractivity contribution in [3.05, 3.63) is 65.0 Å². The molecular formula is C22H25FN6O2. The molecule has 3 aromatic rings. The number of hydrogen-bond acceptors (Lipinski definition) is 4. The number of fused-ring (bicyclic) bond motifs is 1. The Morgan fingerprint density at radius 1 is 1.19 bits per heavy atom. The van der Waals surface area contributed by atoms with Crippen LogP contribution in [-0.2, 0) is 37.6 Å². The van der Waals surface area contributed by atoms with E-state index in [0.717, 1.165) is 36.9 Å². The minimum atomic E-state index is -0.279. The molecule has 0 unspecified atom stereocenters. The zero-order valence-corrected chi connectivity index (χ0v) is 17.4. The molecule has 0 atom stereocenters. The first-order chi connectivity index (χ1) is 15.0. The van der Waals surface area contributed by atoms with Crippen LogP contribution in [0.25, 0.3) is 0 Å². The van der Waals surface area contributed by atoms with Gasteiger partial charge in [-0.3, -0.25) is 19.0 Å². The minimum absolute atomic E-state index is 0.00819. The monoisotopic (exact) mass is 424 g/mol. The molecule has 4 rings (SSSR count). The van der Waals surface area contributed by atoms with Gasteiger partial charge in [-0.15, -0.1) is 0 Å². The molecule has 2 amide bonds. The van der Waals surface area contributed by atoms with Crippen LogP contribution in [0.5, 0.6) is 0 Å². The maximum atomic E-state index is 13.6. The van der Waals surface area contributed by atoms with Crippen molar-refractivity contribution in [1.82, 2.24) is 24.9 Å². The molecule has 162 valence electrons. The van der Waals surface area contributed by atoms with Crippen LogP contribution in [0.2, 0.25) is 0 Å². The number of carbonyl (C=O) groups excluding carboxylic acids is 2. The summed E-state index contributed by atoms with van der Waals surface area (Å²) in [4.78, 5) is 24.9. The van der Waals surface area contributed by atoms with Gasteiger partial charge in [0.15, 0.2) is 0 Å². The molecule has 1 aliphatic rings. The molecule has 8 nitrogen and oxygen atoms in total. The van der Waals surface area contributed by atoms with E-state index in [1.165, 1.54) is 16.9 Å². The molecule has 9 heteroatoms. The summed E-state index contributed by atoms with van der Waals surface area (Å²) in [5.74, 6) is -0.746. The van der Waals surface area contributed by atoms with Gasteiger partial charge in [0.05, 0.1) is 17.6 Å². The fourth-order valence-electron chi connectivity index (χ4n) is 3.91. The smallest absolute Gasteiger partial charge is 0.274 e. The number of aromatic nitrogens is 4. The molecule has 2 N–H and O–H groups in total. The zero-order valence-electron chi connectivity index (χ0n) is 17.4. The Labute approximate surface area is 179 Å². The lowest BCUT2D eigenvalue weighted by molar-refractivity contribution is -0.121. The summed E-state index contributed by atoms with van der Waals surface area (Å²) < 4.78 is 16.7. The normalized spacial score (nSPS) is 13.0. The van der Waals surface area contributed by atoms with Crippen molar-refractivity contribution in [2.75, 3.05) is 11.9 Å². The summed E-state index contributed by atoms with van der Waals surface area (Å²) in [7, 11) is 1.78. The van der Waals surface area contributed by atoms with E-state index in [1.54, 1.807) is 36.1 Å². The Morgan fingerprint density at radius 2 is 2.00 bits per heavy atom. The zero-order chi connectivity index (χ0) is 21.8. The third kappa shape index (κ3) is 4.82. The fraction of sp³-hybridized carbons (Fsp3) is 0.364. The molecule has 2 heterocycles. The van der Waals surface area contributed by atoms with Crippen LogP contribution >= 0.6 is 0 Å². The lowest BCUT2D eigenvalue weighted by Gasteiger charge is -2.11. The van der Waals surface area contributed by atoms with E-state index in [-0.39, 0.29) is 24.2 Å². The molecule has 1 aliphatic carbocycles. The van der Waals surface area contributed by atoms with Crippen molar-refractivity contribution < 1.29 is 14.0 Å². The van der Waals surface area contributed by atoms with Gasteiger partial charge in [0.1, 0.15) is 18.1 Å². The Kier molecular flexibility index (Phi) is 6.11. The van der Waals surface area contributed by atoms with E-state index in [0.29, 0.717) is 29.9 Å². The molecule has 0 bridgehead atoms. The van der Waals surface area contributed by atoms with Crippen LogP contribution in [0, 0.1) is 5.82 Å². The Balaban J connectivity index is 1.30. The Hall–Kier alpha value is -3.49. The summed E-state index contributed by atoms with van der Waals surface area (Å²) in [6, 6.07) is 6.50. The number of amides is 2. The molecule has 2 aromatic heterocycles. The van der Waals surface area contributed by atoms with Crippen molar-refractivity contribution in [3.63, 3.8) is 0 Å². The van der Waals surface area contributed by atoms with Crippen LogP contribution in [0.1, 0.15) is 40.2 Å². The topological polar surface area (TPSA) is 93.8 Å². The summed E-state index contributed by atoms with van der Waals surface area (Å²) in [5, 5.41) is 14.2. The van der Waals surface area contributed by atoms with E-state index in [2.05, 4.69) is 20.8 Å². The lowest BCUT2D eigenvalue weighted by atomic mass is 9.95. The average Bonchev–Trinajstić information content (AvgIpc) is 3.32. The number of nitrogens with zero attached hydrogens (tertiary/aromatic N) is 4. The SMILES string of the molecule is Cn1nc2c(c1C(=O)Nc1cnn(CC(=O)NCCc3ccccc3F)c1)CCCC2. The van der Waals surface area contributed by atoms with Gasteiger partial charge >= 0.3 is 0 Å². The van der Waals surface area contributed by atoms with Gasteiger partial charge < -0.3 is 10.6 Å². The summed E-state index contributed by atoms with van der Waals surface area (Å²) in [6.45, 7) is 0.338. The van der Waals surface area contributed by atoms with Gasteiger partial charge in [-0.2, -0.15) is 10.2 Å². The average molecular weight is 424 g/mol. The number of rotatable bonds is 7. The van der Waals surface area contributed by atoms with Crippen molar-refractivity contribution in [2.24, 2.45) is 7.05 Å². The Morgan fingerprint density at radius 3 is 2.84 bits per heavy atom.